The van der Waals surface area contributed by atoms with Gasteiger partial charge in [-0.25, -0.2) is 17.9 Å². The average Bonchev–Trinajstić information content (AvgIpc) is 2.37. The van der Waals surface area contributed by atoms with Crippen molar-refractivity contribution in [3.63, 3.8) is 0 Å². The Balaban J connectivity index is 3.19. The fourth-order valence-electron chi connectivity index (χ4n) is 1.94. The fourth-order valence-corrected chi connectivity index (χ4v) is 3.58. The fraction of sp³-hybridized carbons (Fsp3) is 0.500. The van der Waals surface area contributed by atoms with Crippen molar-refractivity contribution in [1.29, 1.82) is 0 Å². The van der Waals surface area contributed by atoms with Gasteiger partial charge in [0.05, 0.1) is 17.1 Å². The van der Waals surface area contributed by atoms with Crippen LogP contribution in [0, 0.1) is 12.8 Å². The Hall–Kier alpha value is -1.44. The molecule has 21 heavy (non-hydrogen) atoms. The standard InChI is InChI=1S/C14H21NO5S/c1-9(2)12(8-20-4)15-21(18,19)13-7-5-6-11(10(13)3)14(16)17/h5-7,9,12,15H,8H2,1-4H3,(H,16,17). The summed E-state index contributed by atoms with van der Waals surface area (Å²) in [6.45, 7) is 5.49. The van der Waals surface area contributed by atoms with E-state index in [9.17, 15) is 13.2 Å². The van der Waals surface area contributed by atoms with Crippen LogP contribution in [0.25, 0.3) is 0 Å². The highest BCUT2D eigenvalue weighted by molar-refractivity contribution is 7.89. The molecule has 1 unspecified atom stereocenters. The number of carboxylic acid groups (broad SMARTS) is 1. The Kier molecular flexibility index (Phi) is 5.88. The van der Waals surface area contributed by atoms with Crippen molar-refractivity contribution in [2.45, 2.75) is 31.7 Å². The highest BCUT2D eigenvalue weighted by Crippen LogP contribution is 2.20. The Bertz CT molecular complexity index is 610. The quantitative estimate of drug-likeness (QED) is 0.798. The number of nitrogens with one attached hydrogen (secondary N) is 1. The summed E-state index contributed by atoms with van der Waals surface area (Å²) >= 11 is 0. The Morgan fingerprint density at radius 3 is 2.48 bits per heavy atom. The average molecular weight is 315 g/mol. The largest absolute Gasteiger partial charge is 0.478 e. The van der Waals surface area contributed by atoms with Gasteiger partial charge in [0.1, 0.15) is 0 Å². The highest BCUT2D eigenvalue weighted by Gasteiger charge is 2.25. The van der Waals surface area contributed by atoms with E-state index in [1.807, 2.05) is 13.8 Å². The van der Waals surface area contributed by atoms with Gasteiger partial charge in [-0.15, -0.1) is 0 Å². The van der Waals surface area contributed by atoms with Crippen LogP contribution < -0.4 is 4.72 Å². The maximum atomic E-state index is 12.5. The number of methoxy groups -OCH3 is 1. The van der Waals surface area contributed by atoms with Crippen molar-refractivity contribution in [1.82, 2.24) is 4.72 Å². The molecule has 0 aliphatic rings. The molecule has 0 aliphatic heterocycles. The third-order valence-corrected chi connectivity index (χ3v) is 4.90. The van der Waals surface area contributed by atoms with Crippen molar-refractivity contribution in [3.05, 3.63) is 29.3 Å². The van der Waals surface area contributed by atoms with Gasteiger partial charge in [0.15, 0.2) is 0 Å². The predicted molar refractivity (Wildman–Crippen MR) is 79.0 cm³/mol. The van der Waals surface area contributed by atoms with Crippen molar-refractivity contribution in [2.75, 3.05) is 13.7 Å². The molecule has 1 aromatic rings. The minimum atomic E-state index is -3.81. The van der Waals surface area contributed by atoms with Crippen molar-refractivity contribution < 1.29 is 23.1 Å². The summed E-state index contributed by atoms with van der Waals surface area (Å²) in [5, 5.41) is 9.07. The normalized spacial score (nSPS) is 13.4. The molecule has 0 saturated heterocycles. The van der Waals surface area contributed by atoms with E-state index in [2.05, 4.69) is 4.72 Å². The van der Waals surface area contributed by atoms with Gasteiger partial charge in [-0.3, -0.25) is 0 Å². The van der Waals surface area contributed by atoms with Crippen molar-refractivity contribution in [3.8, 4) is 0 Å². The van der Waals surface area contributed by atoms with E-state index in [0.717, 1.165) is 0 Å². The molecule has 0 saturated carbocycles. The number of ether oxygens (including phenoxy) is 1. The number of carboxylic acids is 1. The molecule has 7 heteroatoms. The number of hydrogen-bond donors (Lipinski definition) is 2. The number of benzene rings is 1. The molecule has 1 atom stereocenters. The minimum absolute atomic E-state index is 0.0225. The van der Waals surface area contributed by atoms with E-state index in [4.69, 9.17) is 9.84 Å². The number of sulfonamides is 1. The van der Waals surface area contributed by atoms with Crippen LogP contribution in [0.5, 0.6) is 0 Å². The van der Waals surface area contributed by atoms with Crippen molar-refractivity contribution >= 4 is 16.0 Å². The number of aromatic carboxylic acids is 1. The zero-order valence-corrected chi connectivity index (χ0v) is 13.4. The first-order chi connectivity index (χ1) is 9.70. The van der Waals surface area contributed by atoms with E-state index in [0.29, 0.717) is 0 Å². The van der Waals surface area contributed by atoms with Crippen LogP contribution in [0.2, 0.25) is 0 Å². The molecule has 0 aliphatic carbocycles. The number of hydrogen-bond acceptors (Lipinski definition) is 4. The third-order valence-electron chi connectivity index (χ3n) is 3.26. The van der Waals surface area contributed by atoms with E-state index in [1.54, 1.807) is 0 Å². The molecule has 0 amide bonds. The Morgan fingerprint density at radius 2 is 2.00 bits per heavy atom. The lowest BCUT2D eigenvalue weighted by Crippen LogP contribution is -2.41. The van der Waals surface area contributed by atoms with Crippen LogP contribution in [-0.4, -0.2) is 39.3 Å². The smallest absolute Gasteiger partial charge is 0.335 e. The van der Waals surface area contributed by atoms with Crippen molar-refractivity contribution in [2.24, 2.45) is 5.92 Å². The van der Waals surface area contributed by atoms with Gasteiger partial charge in [0, 0.05) is 13.2 Å². The van der Waals surface area contributed by atoms with Gasteiger partial charge in [-0.1, -0.05) is 19.9 Å². The molecular weight excluding hydrogens is 294 g/mol. The van der Waals surface area contributed by atoms with E-state index >= 15 is 0 Å². The Labute approximate surface area is 125 Å². The van der Waals surface area contributed by atoms with Crippen LogP contribution in [0.4, 0.5) is 0 Å². The van der Waals surface area contributed by atoms with Gasteiger partial charge >= 0.3 is 5.97 Å². The lowest BCUT2D eigenvalue weighted by molar-refractivity contribution is 0.0696. The number of rotatable bonds is 7. The molecule has 2 N–H and O–H groups in total. The molecule has 0 aromatic heterocycles. The monoisotopic (exact) mass is 315 g/mol. The first-order valence-electron chi connectivity index (χ1n) is 6.55. The first kappa shape index (κ1) is 17.6. The zero-order valence-electron chi connectivity index (χ0n) is 12.6. The van der Waals surface area contributed by atoms with Gasteiger partial charge in [0.2, 0.25) is 10.0 Å². The van der Waals surface area contributed by atoms with E-state index < -0.39 is 16.0 Å². The maximum Gasteiger partial charge on any atom is 0.335 e. The molecule has 1 aromatic carbocycles. The second-order valence-electron chi connectivity index (χ2n) is 5.16. The summed E-state index contributed by atoms with van der Waals surface area (Å²) in [6, 6.07) is 3.82. The molecule has 6 nitrogen and oxygen atoms in total. The van der Waals surface area contributed by atoms with Gasteiger partial charge in [0.25, 0.3) is 0 Å². The van der Waals surface area contributed by atoms with Crippen LogP contribution in [0.1, 0.15) is 29.8 Å². The molecule has 0 spiro atoms. The summed E-state index contributed by atoms with van der Waals surface area (Å²) in [5.74, 6) is -1.11. The third kappa shape index (κ3) is 4.26. The molecular formula is C14H21NO5S. The SMILES string of the molecule is COCC(NS(=O)(=O)c1cccc(C(=O)O)c1C)C(C)C. The van der Waals surface area contributed by atoms with Crippen LogP contribution in [-0.2, 0) is 14.8 Å². The summed E-state index contributed by atoms with van der Waals surface area (Å²) in [5.41, 5.74) is 0.197. The summed E-state index contributed by atoms with van der Waals surface area (Å²) in [7, 11) is -2.31. The van der Waals surface area contributed by atoms with Crippen LogP contribution in [0.3, 0.4) is 0 Å². The van der Waals surface area contributed by atoms with E-state index in [1.165, 1.54) is 32.2 Å². The van der Waals surface area contributed by atoms with Gasteiger partial charge < -0.3 is 9.84 Å². The lowest BCUT2D eigenvalue weighted by atomic mass is 10.1. The first-order valence-corrected chi connectivity index (χ1v) is 8.03. The molecule has 118 valence electrons. The molecule has 0 heterocycles. The Morgan fingerprint density at radius 1 is 1.38 bits per heavy atom. The second kappa shape index (κ2) is 7.02. The summed E-state index contributed by atoms with van der Waals surface area (Å²) in [6.07, 6.45) is 0. The molecule has 0 radical (unpaired) electrons. The second-order valence-corrected chi connectivity index (χ2v) is 6.84. The molecule has 1 rings (SSSR count). The van der Waals surface area contributed by atoms with Gasteiger partial charge in [-0.05, 0) is 30.5 Å². The maximum absolute atomic E-state index is 12.5. The molecule has 0 fully saturated rings. The van der Waals surface area contributed by atoms with Gasteiger partial charge in [-0.2, -0.15) is 0 Å². The zero-order chi connectivity index (χ0) is 16.2. The van der Waals surface area contributed by atoms with Crippen LogP contribution in [0.15, 0.2) is 23.1 Å². The number of carbonyl (C=O) groups is 1. The summed E-state index contributed by atoms with van der Waals surface area (Å²) in [4.78, 5) is 11.1. The topological polar surface area (TPSA) is 92.7 Å². The van der Waals surface area contributed by atoms with Crippen LogP contribution >= 0.6 is 0 Å². The summed E-state index contributed by atoms with van der Waals surface area (Å²) < 4.78 is 32.5. The van der Waals surface area contributed by atoms with E-state index in [-0.39, 0.29) is 34.6 Å². The molecule has 0 bridgehead atoms. The lowest BCUT2D eigenvalue weighted by Gasteiger charge is -2.22. The highest BCUT2D eigenvalue weighted by atomic mass is 32.2. The predicted octanol–water partition coefficient (Wildman–Crippen LogP) is 1.64. The minimum Gasteiger partial charge on any atom is -0.478 e.